The average molecular weight is 389 g/mol. The second-order valence-corrected chi connectivity index (χ2v) is 8.01. The van der Waals surface area contributed by atoms with E-state index in [4.69, 9.17) is 11.6 Å². The van der Waals surface area contributed by atoms with Crippen LogP contribution in [0.4, 0.5) is 17.2 Å². The molecule has 3 aromatic rings. The summed E-state index contributed by atoms with van der Waals surface area (Å²) >= 11 is 5.92. The van der Waals surface area contributed by atoms with Crippen molar-refractivity contribution in [3.63, 3.8) is 0 Å². The Balaban J connectivity index is 1.86. The first-order valence-corrected chi connectivity index (χ1v) is 10.0. The summed E-state index contributed by atoms with van der Waals surface area (Å²) < 4.78 is 25.5. The van der Waals surface area contributed by atoms with Gasteiger partial charge in [-0.2, -0.15) is 0 Å². The van der Waals surface area contributed by atoms with Gasteiger partial charge < -0.3 is 5.32 Å². The molecular formula is C18H17ClN4O2S. The van der Waals surface area contributed by atoms with E-state index in [0.29, 0.717) is 22.2 Å². The standard InChI is InChI=1S/C18H17ClN4O2S/c1-12-3-8-15(9-16(12)23-26(2,24)25)22-18-10-17(20-11-21-18)13-4-6-14(19)7-5-13/h3-11,23H,1-2H3,(H,20,21,22). The molecule has 0 bridgehead atoms. The van der Waals surface area contributed by atoms with Gasteiger partial charge in [0, 0.05) is 22.3 Å². The van der Waals surface area contributed by atoms with Gasteiger partial charge in [0.15, 0.2) is 0 Å². The third kappa shape index (κ3) is 4.71. The Bertz CT molecular complexity index is 1040. The highest BCUT2D eigenvalue weighted by Crippen LogP contribution is 2.25. The molecule has 2 N–H and O–H groups in total. The van der Waals surface area contributed by atoms with E-state index in [0.717, 1.165) is 23.1 Å². The van der Waals surface area contributed by atoms with Crippen LogP contribution in [0.25, 0.3) is 11.3 Å². The van der Waals surface area contributed by atoms with Crippen LogP contribution in [0.2, 0.25) is 5.02 Å². The van der Waals surface area contributed by atoms with E-state index in [-0.39, 0.29) is 0 Å². The number of rotatable bonds is 5. The third-order valence-corrected chi connectivity index (χ3v) is 4.46. The van der Waals surface area contributed by atoms with Crippen LogP contribution in [-0.4, -0.2) is 24.6 Å². The number of nitrogens with zero attached hydrogens (tertiary/aromatic N) is 2. The van der Waals surface area contributed by atoms with E-state index in [9.17, 15) is 8.42 Å². The maximum absolute atomic E-state index is 11.5. The second-order valence-electron chi connectivity index (χ2n) is 5.82. The van der Waals surface area contributed by atoms with E-state index >= 15 is 0 Å². The average Bonchev–Trinajstić information content (AvgIpc) is 2.57. The summed E-state index contributed by atoms with van der Waals surface area (Å²) in [6, 6.07) is 14.6. The lowest BCUT2D eigenvalue weighted by Crippen LogP contribution is -2.10. The second kappa shape index (κ2) is 7.31. The summed E-state index contributed by atoms with van der Waals surface area (Å²) in [5.41, 5.74) is 3.72. The van der Waals surface area contributed by atoms with Gasteiger partial charge in [0.1, 0.15) is 12.1 Å². The number of aryl methyl sites for hydroxylation is 1. The summed E-state index contributed by atoms with van der Waals surface area (Å²) in [6.07, 6.45) is 2.59. The summed E-state index contributed by atoms with van der Waals surface area (Å²) in [5, 5.41) is 3.83. The molecule has 0 spiro atoms. The van der Waals surface area contributed by atoms with Crippen LogP contribution in [0.15, 0.2) is 54.9 Å². The van der Waals surface area contributed by atoms with E-state index in [1.165, 1.54) is 6.33 Å². The molecule has 0 atom stereocenters. The zero-order valence-corrected chi connectivity index (χ0v) is 15.8. The summed E-state index contributed by atoms with van der Waals surface area (Å²) in [4.78, 5) is 8.49. The molecule has 0 aliphatic rings. The first-order valence-electron chi connectivity index (χ1n) is 7.74. The maximum atomic E-state index is 11.5. The lowest BCUT2D eigenvalue weighted by Gasteiger charge is -2.12. The fraction of sp³-hybridized carbons (Fsp3) is 0.111. The van der Waals surface area contributed by atoms with Crippen molar-refractivity contribution in [3.8, 4) is 11.3 Å². The molecule has 1 aromatic heterocycles. The minimum Gasteiger partial charge on any atom is -0.340 e. The number of aromatic nitrogens is 2. The first kappa shape index (κ1) is 18.2. The van der Waals surface area contributed by atoms with Crippen molar-refractivity contribution in [3.05, 3.63) is 65.4 Å². The van der Waals surface area contributed by atoms with E-state index in [1.54, 1.807) is 18.2 Å². The Morgan fingerprint density at radius 1 is 1.00 bits per heavy atom. The summed E-state index contributed by atoms with van der Waals surface area (Å²) in [7, 11) is -3.35. The van der Waals surface area contributed by atoms with E-state index < -0.39 is 10.0 Å². The fourth-order valence-electron chi connectivity index (χ4n) is 2.36. The Labute approximate surface area is 157 Å². The molecule has 6 nitrogen and oxygen atoms in total. The molecule has 1 heterocycles. The molecule has 0 aliphatic carbocycles. The van der Waals surface area contributed by atoms with Gasteiger partial charge >= 0.3 is 0 Å². The van der Waals surface area contributed by atoms with Crippen molar-refractivity contribution in [1.29, 1.82) is 0 Å². The molecule has 0 unspecified atom stereocenters. The highest BCUT2D eigenvalue weighted by Gasteiger charge is 2.07. The number of nitrogens with one attached hydrogen (secondary N) is 2. The minimum absolute atomic E-state index is 0.518. The number of anilines is 3. The highest BCUT2D eigenvalue weighted by molar-refractivity contribution is 7.92. The molecule has 0 radical (unpaired) electrons. The predicted molar refractivity (Wildman–Crippen MR) is 105 cm³/mol. The van der Waals surface area contributed by atoms with Crippen molar-refractivity contribution < 1.29 is 8.42 Å². The molecule has 0 aliphatic heterocycles. The monoisotopic (exact) mass is 388 g/mol. The van der Waals surface area contributed by atoms with E-state index in [2.05, 4.69) is 20.0 Å². The number of hydrogen-bond donors (Lipinski definition) is 2. The SMILES string of the molecule is Cc1ccc(Nc2cc(-c3ccc(Cl)cc3)ncn2)cc1NS(C)(=O)=O. The number of hydrogen-bond acceptors (Lipinski definition) is 5. The van der Waals surface area contributed by atoms with Crippen LogP contribution in [0.5, 0.6) is 0 Å². The van der Waals surface area contributed by atoms with Gasteiger partial charge in [-0.1, -0.05) is 29.8 Å². The summed E-state index contributed by atoms with van der Waals surface area (Å²) in [6.45, 7) is 1.83. The Morgan fingerprint density at radius 2 is 1.73 bits per heavy atom. The number of benzene rings is 2. The van der Waals surface area contributed by atoms with Gasteiger partial charge in [-0.25, -0.2) is 18.4 Å². The molecule has 2 aromatic carbocycles. The molecule has 0 amide bonds. The van der Waals surface area contributed by atoms with E-state index in [1.807, 2.05) is 37.3 Å². The lowest BCUT2D eigenvalue weighted by molar-refractivity contribution is 0.607. The van der Waals surface area contributed by atoms with Gasteiger partial charge in [-0.15, -0.1) is 0 Å². The third-order valence-electron chi connectivity index (χ3n) is 3.61. The Kier molecular flexibility index (Phi) is 5.11. The smallest absolute Gasteiger partial charge is 0.229 e. The molecule has 134 valence electrons. The number of sulfonamides is 1. The zero-order valence-electron chi connectivity index (χ0n) is 14.2. The van der Waals surface area contributed by atoms with Crippen molar-refractivity contribution in [2.45, 2.75) is 6.92 Å². The van der Waals surface area contributed by atoms with Gasteiger partial charge in [0.05, 0.1) is 17.6 Å². The fourth-order valence-corrected chi connectivity index (χ4v) is 3.11. The predicted octanol–water partition coefficient (Wildman–Crippen LogP) is 4.22. The van der Waals surface area contributed by atoms with Crippen molar-refractivity contribution in [2.24, 2.45) is 0 Å². The lowest BCUT2D eigenvalue weighted by atomic mass is 10.1. The molecule has 0 fully saturated rings. The largest absolute Gasteiger partial charge is 0.340 e. The van der Waals surface area contributed by atoms with Crippen LogP contribution in [-0.2, 0) is 10.0 Å². The van der Waals surface area contributed by atoms with Gasteiger partial charge in [-0.05, 0) is 36.8 Å². The van der Waals surface area contributed by atoms with Crippen molar-refractivity contribution in [1.82, 2.24) is 9.97 Å². The van der Waals surface area contributed by atoms with Crippen LogP contribution in [0, 0.1) is 6.92 Å². The number of halogens is 1. The Morgan fingerprint density at radius 3 is 2.42 bits per heavy atom. The van der Waals surface area contributed by atoms with Crippen LogP contribution in [0.3, 0.4) is 0 Å². The Hall–Kier alpha value is -2.64. The molecule has 0 saturated heterocycles. The van der Waals surface area contributed by atoms with Crippen LogP contribution in [0.1, 0.15) is 5.56 Å². The van der Waals surface area contributed by atoms with Crippen molar-refractivity contribution >= 4 is 38.8 Å². The quantitative estimate of drug-likeness (QED) is 0.683. The molecule has 8 heteroatoms. The molecule has 26 heavy (non-hydrogen) atoms. The first-order chi connectivity index (χ1) is 12.3. The van der Waals surface area contributed by atoms with Gasteiger partial charge in [0.25, 0.3) is 0 Å². The normalized spacial score (nSPS) is 11.2. The topological polar surface area (TPSA) is 84.0 Å². The van der Waals surface area contributed by atoms with Gasteiger partial charge in [0.2, 0.25) is 10.0 Å². The molecule has 0 saturated carbocycles. The molecular weight excluding hydrogens is 372 g/mol. The van der Waals surface area contributed by atoms with Crippen LogP contribution >= 0.6 is 11.6 Å². The maximum Gasteiger partial charge on any atom is 0.229 e. The van der Waals surface area contributed by atoms with Gasteiger partial charge in [-0.3, -0.25) is 4.72 Å². The van der Waals surface area contributed by atoms with Crippen LogP contribution < -0.4 is 10.0 Å². The summed E-state index contributed by atoms with van der Waals surface area (Å²) in [5.74, 6) is 0.596. The molecule has 3 rings (SSSR count). The van der Waals surface area contributed by atoms with Crippen molar-refractivity contribution in [2.75, 3.05) is 16.3 Å². The zero-order chi connectivity index (χ0) is 18.7. The minimum atomic E-state index is -3.35. The highest BCUT2D eigenvalue weighted by atomic mass is 35.5.